The molecule has 2 aromatic carbocycles. The minimum absolute atomic E-state index is 0.0279. The summed E-state index contributed by atoms with van der Waals surface area (Å²) in [5, 5.41) is 0.0279. The van der Waals surface area contributed by atoms with E-state index in [9.17, 15) is 9.18 Å². The predicted octanol–water partition coefficient (Wildman–Crippen LogP) is 4.20. The van der Waals surface area contributed by atoms with Crippen molar-refractivity contribution in [2.75, 3.05) is 12.3 Å². The first-order valence-electron chi connectivity index (χ1n) is 7.96. The number of thioether (sulfide) groups is 1. The SMILES string of the molecule is O=C(C1CC1c1ccccc1)N1CCSC1c1ccc(F)cc1. The summed E-state index contributed by atoms with van der Waals surface area (Å²) >= 11 is 1.76. The second-order valence-corrected chi connectivity index (χ2v) is 7.35. The van der Waals surface area contributed by atoms with Gasteiger partial charge in [-0.15, -0.1) is 11.8 Å². The number of rotatable bonds is 3. The summed E-state index contributed by atoms with van der Waals surface area (Å²) in [5.74, 6) is 1.43. The van der Waals surface area contributed by atoms with Crippen LogP contribution >= 0.6 is 11.8 Å². The van der Waals surface area contributed by atoms with E-state index in [4.69, 9.17) is 0 Å². The topological polar surface area (TPSA) is 20.3 Å². The fourth-order valence-corrected chi connectivity index (χ4v) is 4.61. The first-order valence-corrected chi connectivity index (χ1v) is 9.01. The van der Waals surface area contributed by atoms with Crippen LogP contribution in [0.1, 0.15) is 28.8 Å². The summed E-state index contributed by atoms with van der Waals surface area (Å²) in [6.45, 7) is 0.781. The van der Waals surface area contributed by atoms with Gasteiger partial charge in [-0.2, -0.15) is 0 Å². The standard InChI is InChI=1S/C19H18FNOS/c20-15-8-6-14(7-9-15)19-21(10-11-23-19)18(22)17-12-16(17)13-4-2-1-3-5-13/h1-9,16-17,19H,10-12H2. The van der Waals surface area contributed by atoms with Crippen LogP contribution in [-0.4, -0.2) is 23.1 Å². The molecule has 1 saturated heterocycles. The molecule has 3 atom stereocenters. The Hall–Kier alpha value is -1.81. The van der Waals surface area contributed by atoms with E-state index in [0.29, 0.717) is 5.92 Å². The maximum absolute atomic E-state index is 13.1. The average Bonchev–Trinajstić information content (AvgIpc) is 3.24. The molecule has 4 rings (SSSR count). The van der Waals surface area contributed by atoms with Gasteiger partial charge in [0.1, 0.15) is 11.2 Å². The van der Waals surface area contributed by atoms with Crippen molar-refractivity contribution in [3.63, 3.8) is 0 Å². The lowest BCUT2D eigenvalue weighted by molar-refractivity contribution is -0.132. The lowest BCUT2D eigenvalue weighted by Crippen LogP contribution is -2.32. The number of nitrogens with zero attached hydrogens (tertiary/aromatic N) is 1. The molecule has 2 nitrogen and oxygen atoms in total. The quantitative estimate of drug-likeness (QED) is 0.842. The highest BCUT2D eigenvalue weighted by Gasteiger charge is 2.47. The van der Waals surface area contributed by atoms with Crippen LogP contribution in [-0.2, 0) is 4.79 Å². The molecule has 3 unspecified atom stereocenters. The highest BCUT2D eigenvalue weighted by molar-refractivity contribution is 7.99. The monoisotopic (exact) mass is 327 g/mol. The zero-order valence-electron chi connectivity index (χ0n) is 12.7. The first-order chi connectivity index (χ1) is 11.2. The van der Waals surface area contributed by atoms with Crippen molar-refractivity contribution in [1.29, 1.82) is 0 Å². The van der Waals surface area contributed by atoms with Gasteiger partial charge in [0.15, 0.2) is 0 Å². The fourth-order valence-electron chi connectivity index (χ4n) is 3.35. The molecule has 1 amide bonds. The molecule has 1 heterocycles. The Morgan fingerprint density at radius 2 is 1.78 bits per heavy atom. The number of hydrogen-bond donors (Lipinski definition) is 0. The molecule has 2 aliphatic rings. The van der Waals surface area contributed by atoms with Gasteiger partial charge in [0, 0.05) is 18.2 Å². The number of amides is 1. The van der Waals surface area contributed by atoms with Crippen molar-refractivity contribution < 1.29 is 9.18 Å². The van der Waals surface area contributed by atoms with E-state index in [2.05, 4.69) is 12.1 Å². The van der Waals surface area contributed by atoms with Crippen molar-refractivity contribution in [2.24, 2.45) is 5.92 Å². The molecule has 2 fully saturated rings. The van der Waals surface area contributed by atoms with Crippen LogP contribution in [0.4, 0.5) is 4.39 Å². The van der Waals surface area contributed by atoms with Crippen LogP contribution in [0, 0.1) is 11.7 Å². The Morgan fingerprint density at radius 1 is 1.04 bits per heavy atom. The normalized spacial score (nSPS) is 26.3. The van der Waals surface area contributed by atoms with E-state index in [1.807, 2.05) is 23.1 Å². The molecule has 1 aliphatic heterocycles. The number of carbonyl (C=O) groups is 1. The van der Waals surface area contributed by atoms with Crippen LogP contribution in [0.15, 0.2) is 54.6 Å². The van der Waals surface area contributed by atoms with Gasteiger partial charge in [0.2, 0.25) is 5.91 Å². The van der Waals surface area contributed by atoms with Gasteiger partial charge >= 0.3 is 0 Å². The molecule has 0 spiro atoms. The van der Waals surface area contributed by atoms with Crippen LogP contribution in [0.25, 0.3) is 0 Å². The van der Waals surface area contributed by atoms with E-state index < -0.39 is 0 Å². The van der Waals surface area contributed by atoms with Gasteiger partial charge in [-0.1, -0.05) is 42.5 Å². The van der Waals surface area contributed by atoms with Crippen molar-refractivity contribution >= 4 is 17.7 Å². The van der Waals surface area contributed by atoms with Crippen molar-refractivity contribution in [1.82, 2.24) is 4.90 Å². The molecule has 0 radical (unpaired) electrons. The Labute approximate surface area is 139 Å². The maximum Gasteiger partial charge on any atom is 0.227 e. The van der Waals surface area contributed by atoms with E-state index in [1.54, 1.807) is 23.9 Å². The molecular weight excluding hydrogens is 309 g/mol. The number of hydrogen-bond acceptors (Lipinski definition) is 2. The van der Waals surface area contributed by atoms with Crippen LogP contribution in [0.2, 0.25) is 0 Å². The Morgan fingerprint density at radius 3 is 2.52 bits per heavy atom. The van der Waals surface area contributed by atoms with Gasteiger partial charge in [-0.25, -0.2) is 4.39 Å². The second-order valence-electron chi connectivity index (χ2n) is 6.17. The summed E-state index contributed by atoms with van der Waals surface area (Å²) in [6.07, 6.45) is 0.945. The molecule has 4 heteroatoms. The fraction of sp³-hybridized carbons (Fsp3) is 0.316. The lowest BCUT2D eigenvalue weighted by atomic mass is 10.1. The smallest absolute Gasteiger partial charge is 0.227 e. The molecule has 2 aromatic rings. The molecule has 0 aromatic heterocycles. The molecule has 0 N–H and O–H groups in total. The zero-order valence-corrected chi connectivity index (χ0v) is 13.5. The third-order valence-electron chi connectivity index (χ3n) is 4.66. The predicted molar refractivity (Wildman–Crippen MR) is 90.6 cm³/mol. The second kappa shape index (κ2) is 6.00. The summed E-state index contributed by atoms with van der Waals surface area (Å²) < 4.78 is 13.1. The van der Waals surface area contributed by atoms with Crippen LogP contribution < -0.4 is 0 Å². The molecular formula is C19H18FNOS. The number of carbonyl (C=O) groups excluding carboxylic acids is 1. The summed E-state index contributed by atoms with van der Waals surface area (Å²) in [6, 6.07) is 16.8. The van der Waals surface area contributed by atoms with Gasteiger partial charge < -0.3 is 4.90 Å². The van der Waals surface area contributed by atoms with Crippen molar-refractivity contribution in [3.05, 3.63) is 71.5 Å². The first kappa shape index (κ1) is 14.8. The van der Waals surface area contributed by atoms with E-state index in [-0.39, 0.29) is 23.0 Å². The summed E-state index contributed by atoms with van der Waals surface area (Å²) in [4.78, 5) is 14.9. The van der Waals surface area contributed by atoms with Gasteiger partial charge in [0.05, 0.1) is 0 Å². The average molecular weight is 327 g/mol. The zero-order chi connectivity index (χ0) is 15.8. The number of halogens is 1. The van der Waals surface area contributed by atoms with E-state index in [0.717, 1.165) is 24.3 Å². The lowest BCUT2D eigenvalue weighted by Gasteiger charge is -2.24. The van der Waals surface area contributed by atoms with E-state index in [1.165, 1.54) is 17.7 Å². The van der Waals surface area contributed by atoms with Gasteiger partial charge in [0.25, 0.3) is 0 Å². The minimum Gasteiger partial charge on any atom is -0.325 e. The number of benzene rings is 2. The largest absolute Gasteiger partial charge is 0.325 e. The maximum atomic E-state index is 13.1. The molecule has 118 valence electrons. The highest BCUT2D eigenvalue weighted by atomic mass is 32.2. The van der Waals surface area contributed by atoms with Crippen molar-refractivity contribution in [3.8, 4) is 0 Å². The van der Waals surface area contributed by atoms with Crippen LogP contribution in [0.3, 0.4) is 0 Å². The Balaban J connectivity index is 1.49. The summed E-state index contributed by atoms with van der Waals surface area (Å²) in [5.41, 5.74) is 2.27. The molecule has 1 saturated carbocycles. The van der Waals surface area contributed by atoms with Gasteiger partial charge in [-0.05, 0) is 35.6 Å². The third kappa shape index (κ3) is 2.88. The summed E-state index contributed by atoms with van der Waals surface area (Å²) in [7, 11) is 0. The van der Waals surface area contributed by atoms with E-state index >= 15 is 0 Å². The molecule has 1 aliphatic carbocycles. The third-order valence-corrected chi connectivity index (χ3v) is 5.93. The highest BCUT2D eigenvalue weighted by Crippen LogP contribution is 2.50. The minimum atomic E-state index is -0.235. The molecule has 0 bridgehead atoms. The van der Waals surface area contributed by atoms with Crippen molar-refractivity contribution in [2.45, 2.75) is 17.7 Å². The van der Waals surface area contributed by atoms with Gasteiger partial charge in [-0.3, -0.25) is 4.79 Å². The Bertz CT molecular complexity index is 703. The molecule has 23 heavy (non-hydrogen) atoms. The Kier molecular flexibility index (Phi) is 3.85. The van der Waals surface area contributed by atoms with Crippen LogP contribution in [0.5, 0.6) is 0 Å².